The van der Waals surface area contributed by atoms with Gasteiger partial charge in [-0.25, -0.2) is 0 Å². The van der Waals surface area contributed by atoms with Crippen molar-refractivity contribution in [3.63, 3.8) is 0 Å². The van der Waals surface area contributed by atoms with Crippen molar-refractivity contribution in [1.82, 2.24) is 5.32 Å². The fourth-order valence-electron chi connectivity index (χ4n) is 2.36. The smallest absolute Gasteiger partial charge is 0.179 e. The van der Waals surface area contributed by atoms with Gasteiger partial charge in [-0.3, -0.25) is 0 Å². The fourth-order valence-corrected chi connectivity index (χ4v) is 3.38. The molecule has 0 aliphatic carbocycles. The van der Waals surface area contributed by atoms with Crippen molar-refractivity contribution in [3.05, 3.63) is 45.1 Å². The van der Waals surface area contributed by atoms with Crippen molar-refractivity contribution < 1.29 is 9.47 Å². The Bertz CT molecular complexity index is 572. The van der Waals surface area contributed by atoms with Crippen molar-refractivity contribution in [1.29, 1.82) is 0 Å². The molecular weight excluding hydrogens is 306 g/mol. The van der Waals surface area contributed by atoms with Crippen molar-refractivity contribution in [2.24, 2.45) is 0 Å². The van der Waals surface area contributed by atoms with Gasteiger partial charge in [-0.1, -0.05) is 17.7 Å². The minimum atomic E-state index is 0.226. The second kappa shape index (κ2) is 7.69. The summed E-state index contributed by atoms with van der Waals surface area (Å²) in [6.07, 6.45) is 2.04. The Kier molecular flexibility index (Phi) is 5.91. The van der Waals surface area contributed by atoms with Crippen LogP contribution in [0.2, 0.25) is 5.02 Å². The van der Waals surface area contributed by atoms with Crippen LogP contribution < -0.4 is 14.8 Å². The third-order valence-electron chi connectivity index (χ3n) is 3.47. The molecule has 114 valence electrons. The highest BCUT2D eigenvalue weighted by Crippen LogP contribution is 2.38. The molecule has 0 fully saturated rings. The summed E-state index contributed by atoms with van der Waals surface area (Å²) in [6, 6.07) is 8.41. The summed E-state index contributed by atoms with van der Waals surface area (Å²) in [6.45, 7) is 0. The van der Waals surface area contributed by atoms with E-state index in [4.69, 9.17) is 21.1 Å². The summed E-state index contributed by atoms with van der Waals surface area (Å²) in [5.74, 6) is 1.24. The Morgan fingerprint density at radius 3 is 2.67 bits per heavy atom. The molecule has 0 saturated carbocycles. The van der Waals surface area contributed by atoms with Crippen LogP contribution in [0.15, 0.2) is 29.6 Å². The first-order chi connectivity index (χ1) is 10.2. The quantitative estimate of drug-likeness (QED) is 0.822. The van der Waals surface area contributed by atoms with Gasteiger partial charge < -0.3 is 14.8 Å². The summed E-state index contributed by atoms with van der Waals surface area (Å²) in [4.78, 5) is 1.39. The standard InChI is InChI=1S/C16H20ClNO2S/c1-18-14(7-6-12-5-4-8-21-12)11-9-13(17)16(20-3)15(10-11)19-2/h4-5,8-10,14,18H,6-7H2,1-3H3. The first-order valence-corrected chi connectivity index (χ1v) is 8.06. The number of benzene rings is 1. The van der Waals surface area contributed by atoms with Crippen molar-refractivity contribution in [2.75, 3.05) is 21.3 Å². The fraction of sp³-hybridized carbons (Fsp3) is 0.375. The molecule has 21 heavy (non-hydrogen) atoms. The van der Waals surface area contributed by atoms with E-state index in [1.807, 2.05) is 19.2 Å². The van der Waals surface area contributed by atoms with E-state index in [-0.39, 0.29) is 6.04 Å². The molecule has 1 unspecified atom stereocenters. The van der Waals surface area contributed by atoms with Gasteiger partial charge in [0.25, 0.3) is 0 Å². The van der Waals surface area contributed by atoms with Gasteiger partial charge in [0.1, 0.15) is 0 Å². The van der Waals surface area contributed by atoms with Crippen LogP contribution in [0.4, 0.5) is 0 Å². The zero-order valence-corrected chi connectivity index (χ0v) is 14.1. The number of aryl methyl sites for hydroxylation is 1. The molecule has 2 aromatic rings. The molecule has 1 aromatic heterocycles. The number of thiophene rings is 1. The van der Waals surface area contributed by atoms with Crippen LogP contribution in [0.5, 0.6) is 11.5 Å². The molecule has 1 atom stereocenters. The number of hydrogen-bond acceptors (Lipinski definition) is 4. The molecule has 1 N–H and O–H groups in total. The number of nitrogens with one attached hydrogen (secondary N) is 1. The van der Waals surface area contributed by atoms with Gasteiger partial charge in [0, 0.05) is 10.9 Å². The van der Waals surface area contributed by atoms with Gasteiger partial charge in [-0.15, -0.1) is 11.3 Å². The van der Waals surface area contributed by atoms with Crippen LogP contribution in [0.3, 0.4) is 0 Å². The lowest BCUT2D eigenvalue weighted by Crippen LogP contribution is -2.17. The first-order valence-electron chi connectivity index (χ1n) is 6.80. The van der Waals surface area contributed by atoms with Crippen LogP contribution in [0.25, 0.3) is 0 Å². The Labute approximate surface area is 134 Å². The molecule has 0 aliphatic heterocycles. The largest absolute Gasteiger partial charge is 0.493 e. The van der Waals surface area contributed by atoms with E-state index in [0.29, 0.717) is 16.5 Å². The van der Waals surface area contributed by atoms with Crippen LogP contribution in [0, 0.1) is 0 Å². The highest BCUT2D eigenvalue weighted by Gasteiger charge is 2.16. The maximum absolute atomic E-state index is 6.28. The minimum Gasteiger partial charge on any atom is -0.493 e. The molecule has 3 nitrogen and oxygen atoms in total. The number of ether oxygens (including phenoxy) is 2. The molecule has 0 radical (unpaired) electrons. The summed E-state index contributed by atoms with van der Waals surface area (Å²) in [7, 11) is 5.18. The summed E-state index contributed by atoms with van der Waals surface area (Å²) in [5.41, 5.74) is 1.11. The maximum atomic E-state index is 6.28. The molecule has 1 heterocycles. The van der Waals surface area contributed by atoms with Gasteiger partial charge in [-0.05, 0) is 49.0 Å². The molecule has 0 amide bonds. The average Bonchev–Trinajstić information content (AvgIpc) is 3.00. The minimum absolute atomic E-state index is 0.226. The van der Waals surface area contributed by atoms with Crippen LogP contribution in [-0.4, -0.2) is 21.3 Å². The molecular formula is C16H20ClNO2S. The highest BCUT2D eigenvalue weighted by molar-refractivity contribution is 7.09. The van der Waals surface area contributed by atoms with E-state index in [1.165, 1.54) is 4.88 Å². The number of hydrogen-bond donors (Lipinski definition) is 1. The van der Waals surface area contributed by atoms with E-state index in [9.17, 15) is 0 Å². The normalized spacial score (nSPS) is 12.2. The monoisotopic (exact) mass is 325 g/mol. The molecule has 0 bridgehead atoms. The summed E-state index contributed by atoms with van der Waals surface area (Å²) in [5, 5.41) is 6.03. The number of halogens is 1. The van der Waals surface area contributed by atoms with Gasteiger partial charge in [0.2, 0.25) is 0 Å². The molecule has 2 rings (SSSR count). The summed E-state index contributed by atoms with van der Waals surface area (Å²) >= 11 is 8.07. The van der Waals surface area contributed by atoms with Crippen molar-refractivity contribution >= 4 is 22.9 Å². The Hall–Kier alpha value is -1.23. The maximum Gasteiger partial charge on any atom is 0.179 e. The Balaban J connectivity index is 2.19. The molecule has 1 aromatic carbocycles. The predicted octanol–water partition coefficient (Wildman–Crippen LogP) is 4.31. The van der Waals surface area contributed by atoms with Crippen molar-refractivity contribution in [3.8, 4) is 11.5 Å². The van der Waals surface area contributed by atoms with Gasteiger partial charge in [0.15, 0.2) is 11.5 Å². The third-order valence-corrected chi connectivity index (χ3v) is 4.68. The van der Waals surface area contributed by atoms with Crippen molar-refractivity contribution in [2.45, 2.75) is 18.9 Å². The lowest BCUT2D eigenvalue weighted by molar-refractivity contribution is 0.354. The first kappa shape index (κ1) is 16.1. The third kappa shape index (κ3) is 3.90. The van der Waals surface area contributed by atoms with E-state index in [1.54, 1.807) is 25.6 Å². The topological polar surface area (TPSA) is 30.5 Å². The predicted molar refractivity (Wildman–Crippen MR) is 89.0 cm³/mol. The Morgan fingerprint density at radius 1 is 1.29 bits per heavy atom. The SMILES string of the molecule is CNC(CCc1cccs1)c1cc(Cl)c(OC)c(OC)c1. The zero-order chi connectivity index (χ0) is 15.2. The number of rotatable bonds is 7. The lowest BCUT2D eigenvalue weighted by atomic mass is 10.0. The molecule has 5 heteroatoms. The molecule has 0 saturated heterocycles. The Morgan fingerprint density at radius 2 is 2.10 bits per heavy atom. The lowest BCUT2D eigenvalue weighted by Gasteiger charge is -2.19. The number of methoxy groups -OCH3 is 2. The van der Waals surface area contributed by atoms with E-state index >= 15 is 0 Å². The van der Waals surface area contributed by atoms with E-state index in [2.05, 4.69) is 22.8 Å². The van der Waals surface area contributed by atoms with E-state index < -0.39 is 0 Å². The van der Waals surface area contributed by atoms with Crippen LogP contribution in [-0.2, 0) is 6.42 Å². The average molecular weight is 326 g/mol. The van der Waals surface area contributed by atoms with Gasteiger partial charge in [0.05, 0.1) is 19.2 Å². The van der Waals surface area contributed by atoms with Gasteiger partial charge >= 0.3 is 0 Å². The highest BCUT2D eigenvalue weighted by atomic mass is 35.5. The van der Waals surface area contributed by atoms with Crippen LogP contribution in [0.1, 0.15) is 22.9 Å². The van der Waals surface area contributed by atoms with Crippen LogP contribution >= 0.6 is 22.9 Å². The second-order valence-electron chi connectivity index (χ2n) is 4.70. The van der Waals surface area contributed by atoms with Gasteiger partial charge in [-0.2, -0.15) is 0 Å². The zero-order valence-electron chi connectivity index (χ0n) is 12.5. The summed E-state index contributed by atoms with van der Waals surface area (Å²) < 4.78 is 10.6. The molecule has 0 spiro atoms. The van der Waals surface area contributed by atoms with E-state index in [0.717, 1.165) is 18.4 Å². The second-order valence-corrected chi connectivity index (χ2v) is 6.14. The molecule has 0 aliphatic rings.